The number of nitrogens with zero attached hydrogens (tertiary/aromatic N) is 4. The van der Waals surface area contributed by atoms with E-state index in [2.05, 4.69) is 20.3 Å². The van der Waals surface area contributed by atoms with E-state index in [4.69, 9.17) is 9.78 Å². The van der Waals surface area contributed by atoms with Gasteiger partial charge in [0.2, 0.25) is 0 Å². The minimum atomic E-state index is -4.16. The van der Waals surface area contributed by atoms with Crippen molar-refractivity contribution in [3.63, 3.8) is 0 Å². The Morgan fingerprint density at radius 1 is 1.19 bits per heavy atom. The van der Waals surface area contributed by atoms with Crippen LogP contribution in [0.15, 0.2) is 11.4 Å². The van der Waals surface area contributed by atoms with Gasteiger partial charge in [-0.15, -0.1) is 11.3 Å². The lowest BCUT2D eigenvalue weighted by Gasteiger charge is -2.30. The fraction of sp³-hybridized carbons (Fsp3) is 0.579. The van der Waals surface area contributed by atoms with Gasteiger partial charge in [0, 0.05) is 36.3 Å². The molecule has 3 heterocycles. The number of amides is 1. The zero-order valence-electron chi connectivity index (χ0n) is 16.8. The SMILES string of the molecule is Cc1csc(-c2nc(NC3CCC(C(F)(F)F)CC3)cc(OOC(=O)N3CCC3)n2)n1. The second-order valence-corrected chi connectivity index (χ2v) is 8.57. The maximum atomic E-state index is 12.9. The van der Waals surface area contributed by atoms with E-state index in [1.807, 2.05) is 12.3 Å². The Bertz CT molecular complexity index is 927. The van der Waals surface area contributed by atoms with Gasteiger partial charge in [0.1, 0.15) is 5.82 Å². The summed E-state index contributed by atoms with van der Waals surface area (Å²) in [5.74, 6) is -0.590. The van der Waals surface area contributed by atoms with Crippen LogP contribution in [0.3, 0.4) is 0 Å². The van der Waals surface area contributed by atoms with Gasteiger partial charge in [-0.1, -0.05) is 0 Å². The van der Waals surface area contributed by atoms with Gasteiger partial charge in [0.25, 0.3) is 5.88 Å². The zero-order valence-corrected chi connectivity index (χ0v) is 17.6. The number of hydrogen-bond acceptors (Lipinski definition) is 8. The Morgan fingerprint density at radius 2 is 1.94 bits per heavy atom. The second kappa shape index (κ2) is 8.85. The minimum absolute atomic E-state index is 0.0122. The molecule has 168 valence electrons. The molecule has 4 rings (SSSR count). The molecule has 2 aromatic heterocycles. The molecule has 12 heteroatoms. The molecule has 1 aliphatic carbocycles. The van der Waals surface area contributed by atoms with Crippen LogP contribution in [-0.4, -0.2) is 51.3 Å². The predicted octanol–water partition coefficient (Wildman–Crippen LogP) is 4.58. The molecule has 1 aliphatic heterocycles. The van der Waals surface area contributed by atoms with Crippen LogP contribution in [0.4, 0.5) is 23.8 Å². The zero-order chi connectivity index (χ0) is 22.0. The van der Waals surface area contributed by atoms with E-state index >= 15 is 0 Å². The van der Waals surface area contributed by atoms with E-state index in [1.165, 1.54) is 22.3 Å². The number of anilines is 1. The first-order valence-corrected chi connectivity index (χ1v) is 10.9. The third-order valence-corrected chi connectivity index (χ3v) is 6.32. The lowest BCUT2D eigenvalue weighted by atomic mass is 9.85. The highest BCUT2D eigenvalue weighted by Gasteiger charge is 2.41. The molecule has 2 fully saturated rings. The Morgan fingerprint density at radius 3 is 2.52 bits per heavy atom. The fourth-order valence-corrected chi connectivity index (χ4v) is 4.23. The van der Waals surface area contributed by atoms with Gasteiger partial charge in [-0.05, 0) is 39.0 Å². The van der Waals surface area contributed by atoms with Crippen molar-refractivity contribution < 1.29 is 27.7 Å². The maximum Gasteiger partial charge on any atom is 0.452 e. The van der Waals surface area contributed by atoms with E-state index in [1.54, 1.807) is 0 Å². The number of halogens is 3. The predicted molar refractivity (Wildman–Crippen MR) is 107 cm³/mol. The number of hydrogen-bond donors (Lipinski definition) is 1. The van der Waals surface area contributed by atoms with Gasteiger partial charge in [0.05, 0.1) is 5.92 Å². The lowest BCUT2D eigenvalue weighted by Crippen LogP contribution is -2.42. The van der Waals surface area contributed by atoms with Crippen LogP contribution in [0.1, 0.15) is 37.8 Å². The maximum absolute atomic E-state index is 12.9. The molecule has 0 bridgehead atoms. The van der Waals surface area contributed by atoms with E-state index in [0.29, 0.717) is 36.8 Å². The van der Waals surface area contributed by atoms with Crippen LogP contribution >= 0.6 is 11.3 Å². The molecule has 1 saturated heterocycles. The average Bonchev–Trinajstić information content (AvgIpc) is 3.11. The normalized spacial score (nSPS) is 21.4. The minimum Gasteiger partial charge on any atom is -0.367 e. The first-order valence-electron chi connectivity index (χ1n) is 10.1. The number of thiazole rings is 1. The summed E-state index contributed by atoms with van der Waals surface area (Å²) in [4.78, 5) is 36.4. The van der Waals surface area contributed by atoms with Crippen molar-refractivity contribution >= 4 is 23.2 Å². The molecule has 0 spiro atoms. The number of nitrogens with one attached hydrogen (secondary N) is 1. The average molecular weight is 457 g/mol. The Hall–Kier alpha value is -2.63. The summed E-state index contributed by atoms with van der Waals surface area (Å²) in [6.07, 6.45) is -2.95. The van der Waals surface area contributed by atoms with Crippen LogP contribution in [0.25, 0.3) is 10.8 Å². The molecule has 1 amide bonds. The monoisotopic (exact) mass is 457 g/mol. The van der Waals surface area contributed by atoms with Gasteiger partial charge in [0.15, 0.2) is 10.8 Å². The van der Waals surface area contributed by atoms with Crippen LogP contribution in [0.5, 0.6) is 5.88 Å². The topological polar surface area (TPSA) is 89.5 Å². The molecule has 2 aliphatic rings. The molecule has 0 unspecified atom stereocenters. The number of aromatic nitrogens is 3. The molecule has 0 atom stereocenters. The number of likely N-dealkylation sites (tertiary alicyclic amines) is 1. The van der Waals surface area contributed by atoms with Gasteiger partial charge in [-0.25, -0.2) is 19.7 Å². The highest BCUT2D eigenvalue weighted by molar-refractivity contribution is 7.13. The van der Waals surface area contributed by atoms with E-state index in [0.717, 1.165) is 12.1 Å². The van der Waals surface area contributed by atoms with Crippen molar-refractivity contribution in [1.29, 1.82) is 0 Å². The number of rotatable bonds is 5. The quantitative estimate of drug-likeness (QED) is 0.519. The smallest absolute Gasteiger partial charge is 0.367 e. The first kappa shape index (κ1) is 21.6. The van der Waals surface area contributed by atoms with Gasteiger partial charge in [-0.3, -0.25) is 4.89 Å². The van der Waals surface area contributed by atoms with Crippen LogP contribution in [-0.2, 0) is 4.89 Å². The molecule has 0 radical (unpaired) electrons. The van der Waals surface area contributed by atoms with Gasteiger partial charge in [-0.2, -0.15) is 18.2 Å². The number of alkyl halides is 3. The van der Waals surface area contributed by atoms with E-state index < -0.39 is 18.2 Å². The Balaban J connectivity index is 1.47. The first-order chi connectivity index (χ1) is 14.8. The van der Waals surface area contributed by atoms with Crippen molar-refractivity contribution in [2.45, 2.75) is 51.2 Å². The summed E-state index contributed by atoms with van der Waals surface area (Å²) < 4.78 is 38.8. The summed E-state index contributed by atoms with van der Waals surface area (Å²) in [6.45, 7) is 3.07. The number of carbonyl (C=O) groups is 1. The van der Waals surface area contributed by atoms with Crippen LogP contribution in [0, 0.1) is 12.8 Å². The lowest BCUT2D eigenvalue weighted by molar-refractivity contribution is -0.182. The molecule has 2 aromatic rings. The molecule has 1 saturated carbocycles. The van der Waals surface area contributed by atoms with E-state index in [9.17, 15) is 18.0 Å². The van der Waals surface area contributed by atoms with E-state index in [-0.39, 0.29) is 30.6 Å². The summed E-state index contributed by atoms with van der Waals surface area (Å²) >= 11 is 1.35. The van der Waals surface area contributed by atoms with Gasteiger partial charge >= 0.3 is 12.3 Å². The van der Waals surface area contributed by atoms with Crippen molar-refractivity contribution in [3.05, 3.63) is 17.1 Å². The third kappa shape index (κ3) is 5.35. The van der Waals surface area contributed by atoms with Crippen LogP contribution < -0.4 is 10.2 Å². The van der Waals surface area contributed by atoms with Crippen molar-refractivity contribution in [2.24, 2.45) is 5.92 Å². The standard InChI is InChI=1S/C19H22F3N5O3S/c1-11-10-31-17(23-11)16-25-14(24-13-5-3-12(4-6-13)19(20,21)22)9-15(26-16)29-30-18(28)27-7-2-8-27/h9-10,12-13H,2-8H2,1H3,(H,24,25,26). The molecular weight excluding hydrogens is 435 g/mol. The molecule has 0 aromatic carbocycles. The molecule has 1 N–H and O–H groups in total. The Kier molecular flexibility index (Phi) is 6.17. The van der Waals surface area contributed by atoms with Crippen molar-refractivity contribution in [2.75, 3.05) is 18.4 Å². The van der Waals surface area contributed by atoms with Gasteiger partial charge < -0.3 is 10.2 Å². The number of carbonyl (C=O) groups excluding carboxylic acids is 1. The van der Waals surface area contributed by atoms with Crippen LogP contribution in [0.2, 0.25) is 0 Å². The summed E-state index contributed by atoms with van der Waals surface area (Å²) in [7, 11) is 0. The summed E-state index contributed by atoms with van der Waals surface area (Å²) in [5.41, 5.74) is 0.805. The summed E-state index contributed by atoms with van der Waals surface area (Å²) in [5, 5.41) is 5.58. The molecule has 31 heavy (non-hydrogen) atoms. The summed E-state index contributed by atoms with van der Waals surface area (Å²) in [6, 6.07) is 1.30. The van der Waals surface area contributed by atoms with Crippen molar-refractivity contribution in [3.8, 4) is 16.7 Å². The highest BCUT2D eigenvalue weighted by Crippen LogP contribution is 2.38. The fourth-order valence-electron chi connectivity index (χ4n) is 3.50. The second-order valence-electron chi connectivity index (χ2n) is 7.72. The molecule has 8 nitrogen and oxygen atoms in total. The van der Waals surface area contributed by atoms with Crippen molar-refractivity contribution in [1.82, 2.24) is 19.9 Å². The largest absolute Gasteiger partial charge is 0.452 e. The number of aryl methyl sites for hydroxylation is 1. The third-order valence-electron chi connectivity index (χ3n) is 5.37. The highest BCUT2D eigenvalue weighted by atomic mass is 32.1. The Labute approximate surface area is 180 Å². The molecular formula is C19H22F3N5O3S.